The van der Waals surface area contributed by atoms with Crippen LogP contribution in [0.2, 0.25) is 0 Å². The van der Waals surface area contributed by atoms with E-state index in [4.69, 9.17) is 9.84 Å². The second-order valence-corrected chi connectivity index (χ2v) is 5.67. The number of hydrogen-bond acceptors (Lipinski definition) is 4. The van der Waals surface area contributed by atoms with Crippen LogP contribution >= 0.6 is 0 Å². The van der Waals surface area contributed by atoms with Gasteiger partial charge in [0.15, 0.2) is 0 Å². The van der Waals surface area contributed by atoms with Crippen molar-refractivity contribution in [3.8, 4) is 0 Å². The zero-order valence-electron chi connectivity index (χ0n) is 12.0. The fourth-order valence-electron chi connectivity index (χ4n) is 3.12. The Bertz CT molecular complexity index is 303. The van der Waals surface area contributed by atoms with E-state index in [1.807, 2.05) is 0 Å². The van der Waals surface area contributed by atoms with Gasteiger partial charge in [0.2, 0.25) is 0 Å². The summed E-state index contributed by atoms with van der Waals surface area (Å²) in [5, 5.41) is 9.04. The first kappa shape index (κ1) is 14.8. The van der Waals surface area contributed by atoms with Gasteiger partial charge in [-0.05, 0) is 26.2 Å². The van der Waals surface area contributed by atoms with Gasteiger partial charge in [0, 0.05) is 38.8 Å². The maximum atomic E-state index is 11.0. The van der Waals surface area contributed by atoms with Gasteiger partial charge < -0.3 is 9.84 Å². The highest BCUT2D eigenvalue weighted by Crippen LogP contribution is 2.22. The van der Waals surface area contributed by atoms with E-state index in [1.54, 1.807) is 6.92 Å². The van der Waals surface area contributed by atoms with Crippen molar-refractivity contribution in [2.45, 2.75) is 51.3 Å². The summed E-state index contributed by atoms with van der Waals surface area (Å²) in [6, 6.07) is 0.265. The van der Waals surface area contributed by atoms with Crippen molar-refractivity contribution >= 4 is 5.97 Å². The third-order valence-corrected chi connectivity index (χ3v) is 4.57. The third kappa shape index (κ3) is 3.68. The van der Waals surface area contributed by atoms with E-state index in [-0.39, 0.29) is 6.04 Å². The summed E-state index contributed by atoms with van der Waals surface area (Å²) in [5.74, 6) is -0.717. The number of hydrogen-bond donors (Lipinski definition) is 1. The van der Waals surface area contributed by atoms with Crippen LogP contribution in [0.5, 0.6) is 0 Å². The summed E-state index contributed by atoms with van der Waals surface area (Å²) in [6.07, 6.45) is 3.75. The van der Waals surface area contributed by atoms with Crippen LogP contribution < -0.4 is 0 Å². The van der Waals surface area contributed by atoms with Gasteiger partial charge in [-0.25, -0.2) is 0 Å². The number of carbonyl (C=O) groups is 1. The Balaban J connectivity index is 1.81. The smallest absolute Gasteiger partial charge is 0.320 e. The van der Waals surface area contributed by atoms with Crippen molar-refractivity contribution in [1.29, 1.82) is 0 Å². The molecule has 0 aromatic carbocycles. The minimum atomic E-state index is -0.717. The molecule has 2 rings (SSSR count). The van der Waals surface area contributed by atoms with E-state index < -0.39 is 5.97 Å². The molecule has 2 aliphatic rings. The van der Waals surface area contributed by atoms with Gasteiger partial charge in [0.1, 0.15) is 6.04 Å². The molecule has 3 unspecified atom stereocenters. The van der Waals surface area contributed by atoms with E-state index in [9.17, 15) is 4.79 Å². The number of carboxylic acid groups (broad SMARTS) is 1. The summed E-state index contributed by atoms with van der Waals surface area (Å²) in [4.78, 5) is 15.6. The molecule has 1 N–H and O–H groups in total. The van der Waals surface area contributed by atoms with Gasteiger partial charge in [-0.15, -0.1) is 0 Å². The van der Waals surface area contributed by atoms with Crippen LogP contribution in [0.25, 0.3) is 0 Å². The van der Waals surface area contributed by atoms with Crippen LogP contribution in [0.3, 0.4) is 0 Å². The number of ether oxygens (including phenoxy) is 1. The van der Waals surface area contributed by atoms with Crippen molar-refractivity contribution in [3.05, 3.63) is 0 Å². The molecular formula is C14H26N2O3. The highest BCUT2D eigenvalue weighted by molar-refractivity contribution is 5.72. The molecule has 0 aromatic rings. The normalized spacial score (nSPS) is 32.1. The first-order chi connectivity index (χ1) is 9.11. The predicted molar refractivity (Wildman–Crippen MR) is 73.3 cm³/mol. The van der Waals surface area contributed by atoms with Crippen molar-refractivity contribution in [2.24, 2.45) is 0 Å². The van der Waals surface area contributed by atoms with E-state index >= 15 is 0 Å². The maximum Gasteiger partial charge on any atom is 0.320 e. The van der Waals surface area contributed by atoms with Gasteiger partial charge >= 0.3 is 5.97 Å². The third-order valence-electron chi connectivity index (χ3n) is 4.57. The first-order valence-electron chi connectivity index (χ1n) is 7.44. The molecule has 2 aliphatic heterocycles. The molecule has 0 amide bonds. The van der Waals surface area contributed by atoms with Crippen molar-refractivity contribution in [2.75, 3.05) is 32.8 Å². The summed E-state index contributed by atoms with van der Waals surface area (Å²) in [5.41, 5.74) is 0. The van der Waals surface area contributed by atoms with Crippen molar-refractivity contribution in [3.63, 3.8) is 0 Å². The van der Waals surface area contributed by atoms with E-state index in [0.717, 1.165) is 52.0 Å². The Morgan fingerprint density at radius 2 is 2.05 bits per heavy atom. The second kappa shape index (κ2) is 6.68. The second-order valence-electron chi connectivity index (χ2n) is 5.67. The lowest BCUT2D eigenvalue weighted by molar-refractivity contribution is -0.143. The Morgan fingerprint density at radius 3 is 2.63 bits per heavy atom. The summed E-state index contributed by atoms with van der Waals surface area (Å²) in [6.45, 7) is 8.52. The molecule has 110 valence electrons. The van der Waals surface area contributed by atoms with Crippen molar-refractivity contribution in [1.82, 2.24) is 9.80 Å². The lowest BCUT2D eigenvalue weighted by Crippen LogP contribution is -2.55. The Kier molecular flexibility index (Phi) is 5.19. The lowest BCUT2D eigenvalue weighted by atomic mass is 9.99. The Hall–Kier alpha value is -0.650. The average Bonchev–Trinajstić information content (AvgIpc) is 2.46. The zero-order chi connectivity index (χ0) is 13.8. The van der Waals surface area contributed by atoms with Gasteiger partial charge in [-0.3, -0.25) is 14.6 Å². The van der Waals surface area contributed by atoms with E-state index in [0.29, 0.717) is 12.1 Å². The quantitative estimate of drug-likeness (QED) is 0.827. The van der Waals surface area contributed by atoms with Crippen LogP contribution in [0.1, 0.15) is 33.1 Å². The van der Waals surface area contributed by atoms with Gasteiger partial charge in [0.05, 0.1) is 6.10 Å². The molecule has 19 heavy (non-hydrogen) atoms. The zero-order valence-corrected chi connectivity index (χ0v) is 12.0. The van der Waals surface area contributed by atoms with Crippen LogP contribution in [-0.2, 0) is 9.53 Å². The molecule has 0 aromatic heterocycles. The first-order valence-corrected chi connectivity index (χ1v) is 7.44. The van der Waals surface area contributed by atoms with Crippen LogP contribution in [-0.4, -0.2) is 71.8 Å². The molecular weight excluding hydrogens is 244 g/mol. The molecule has 2 saturated heterocycles. The van der Waals surface area contributed by atoms with Gasteiger partial charge in [-0.2, -0.15) is 0 Å². The molecule has 3 atom stereocenters. The SMILES string of the molecule is CCC1CC(N2CCN(C(C)C(=O)O)CC2)CCO1. The summed E-state index contributed by atoms with van der Waals surface area (Å²) in [7, 11) is 0. The van der Waals surface area contributed by atoms with E-state index in [2.05, 4.69) is 16.7 Å². The van der Waals surface area contributed by atoms with Gasteiger partial charge in [-0.1, -0.05) is 6.92 Å². The molecule has 2 heterocycles. The minimum Gasteiger partial charge on any atom is -0.480 e. The monoisotopic (exact) mass is 270 g/mol. The van der Waals surface area contributed by atoms with Crippen LogP contribution in [0.4, 0.5) is 0 Å². The number of rotatable bonds is 4. The number of piperazine rings is 1. The lowest BCUT2D eigenvalue weighted by Gasteiger charge is -2.43. The van der Waals surface area contributed by atoms with Crippen LogP contribution in [0.15, 0.2) is 0 Å². The minimum absolute atomic E-state index is 0.361. The Labute approximate surface area is 115 Å². The maximum absolute atomic E-state index is 11.0. The highest BCUT2D eigenvalue weighted by atomic mass is 16.5. The van der Waals surface area contributed by atoms with Crippen molar-refractivity contribution < 1.29 is 14.6 Å². The summed E-state index contributed by atoms with van der Waals surface area (Å²) >= 11 is 0. The standard InChI is InChI=1S/C14H26N2O3/c1-3-13-10-12(4-9-19-13)16-7-5-15(6-8-16)11(2)14(17)18/h11-13H,3-10H2,1-2H3,(H,17,18). The number of nitrogens with zero attached hydrogens (tertiary/aromatic N) is 2. The molecule has 0 radical (unpaired) electrons. The topological polar surface area (TPSA) is 53.0 Å². The molecule has 0 aliphatic carbocycles. The number of carboxylic acids is 1. The average molecular weight is 270 g/mol. The molecule has 2 fully saturated rings. The molecule has 5 nitrogen and oxygen atoms in total. The molecule has 0 bridgehead atoms. The van der Waals surface area contributed by atoms with E-state index in [1.165, 1.54) is 0 Å². The fourth-order valence-corrected chi connectivity index (χ4v) is 3.12. The largest absolute Gasteiger partial charge is 0.480 e. The highest BCUT2D eigenvalue weighted by Gasteiger charge is 2.31. The van der Waals surface area contributed by atoms with Crippen LogP contribution in [0, 0.1) is 0 Å². The fraction of sp³-hybridized carbons (Fsp3) is 0.929. The summed E-state index contributed by atoms with van der Waals surface area (Å²) < 4.78 is 5.72. The predicted octanol–water partition coefficient (Wildman–Crippen LogP) is 1.03. The number of aliphatic carboxylic acids is 1. The Morgan fingerprint density at radius 1 is 1.37 bits per heavy atom. The molecule has 0 spiro atoms. The van der Waals surface area contributed by atoms with Gasteiger partial charge in [0.25, 0.3) is 0 Å². The molecule has 5 heteroatoms. The molecule has 0 saturated carbocycles.